The third kappa shape index (κ3) is 3.59. The van der Waals surface area contributed by atoms with Gasteiger partial charge in [-0.1, -0.05) is 24.3 Å². The summed E-state index contributed by atoms with van der Waals surface area (Å²) in [4.78, 5) is 5.49. The van der Waals surface area contributed by atoms with Gasteiger partial charge in [0.1, 0.15) is 12.4 Å². The number of fused-ring (bicyclic) bond motifs is 1. The van der Waals surface area contributed by atoms with E-state index in [1.54, 1.807) is 32.2 Å². The molecule has 114 valence electrons. The molecular weight excluding hydrogens is 301 g/mol. The second-order valence-electron chi connectivity index (χ2n) is 5.12. The first-order chi connectivity index (χ1) is 9.83. The van der Waals surface area contributed by atoms with Gasteiger partial charge in [0.15, 0.2) is 0 Å². The van der Waals surface area contributed by atoms with E-state index in [-0.39, 0.29) is 11.9 Å². The third-order valence-electron chi connectivity index (χ3n) is 3.25. The molecule has 0 aliphatic rings. The van der Waals surface area contributed by atoms with Crippen LogP contribution < -0.4 is 4.90 Å². The Morgan fingerprint density at radius 1 is 1.19 bits per heavy atom. The number of nitrogens with zero attached hydrogens (tertiary/aromatic N) is 2. The number of benzene rings is 1. The van der Waals surface area contributed by atoms with E-state index in [1.165, 1.54) is 4.90 Å². The van der Waals surface area contributed by atoms with Crippen molar-refractivity contribution in [1.82, 2.24) is 4.98 Å². The number of aromatic nitrogens is 1. The lowest BCUT2D eigenvalue weighted by Crippen LogP contribution is -2.39. The van der Waals surface area contributed by atoms with Crippen molar-refractivity contribution in [2.75, 3.05) is 11.4 Å². The number of anilines is 1. The SMILES string of the molecule is CC(C)N(CC(F)(F)F)c1ncc(CCl)c2ccccc12. The fraction of sp³-hybridized carbons (Fsp3) is 0.400. The van der Waals surface area contributed by atoms with Gasteiger partial charge in [-0.25, -0.2) is 4.98 Å². The number of pyridine rings is 1. The van der Waals surface area contributed by atoms with Crippen molar-refractivity contribution < 1.29 is 13.2 Å². The Bertz CT molecular complexity index is 626. The quantitative estimate of drug-likeness (QED) is 0.757. The normalized spacial score (nSPS) is 12.1. The topological polar surface area (TPSA) is 16.1 Å². The van der Waals surface area contributed by atoms with E-state index in [9.17, 15) is 13.2 Å². The molecule has 0 saturated carbocycles. The monoisotopic (exact) mass is 316 g/mol. The summed E-state index contributed by atoms with van der Waals surface area (Å²) in [5.41, 5.74) is 0.812. The summed E-state index contributed by atoms with van der Waals surface area (Å²) in [5, 5.41) is 1.53. The summed E-state index contributed by atoms with van der Waals surface area (Å²) in [6, 6.07) is 6.94. The summed E-state index contributed by atoms with van der Waals surface area (Å²) in [6.45, 7) is 2.41. The molecule has 6 heteroatoms. The summed E-state index contributed by atoms with van der Waals surface area (Å²) in [5.74, 6) is 0.612. The lowest BCUT2D eigenvalue weighted by Gasteiger charge is -2.30. The van der Waals surface area contributed by atoms with Gasteiger partial charge in [0.25, 0.3) is 0 Å². The first-order valence-corrected chi connectivity index (χ1v) is 7.13. The Kier molecular flexibility index (Phi) is 4.61. The van der Waals surface area contributed by atoms with Crippen LogP contribution >= 0.6 is 11.6 Å². The van der Waals surface area contributed by atoms with Crippen molar-refractivity contribution in [3.05, 3.63) is 36.0 Å². The van der Waals surface area contributed by atoms with Crippen LogP contribution in [0.2, 0.25) is 0 Å². The molecule has 2 aromatic rings. The average Bonchev–Trinajstić information content (AvgIpc) is 2.42. The molecule has 1 heterocycles. The molecule has 0 radical (unpaired) electrons. The lowest BCUT2D eigenvalue weighted by molar-refractivity contribution is -0.120. The largest absolute Gasteiger partial charge is 0.405 e. The van der Waals surface area contributed by atoms with E-state index in [0.717, 1.165) is 10.9 Å². The van der Waals surface area contributed by atoms with Gasteiger partial charge in [-0.15, -0.1) is 11.6 Å². The van der Waals surface area contributed by atoms with Crippen molar-refractivity contribution in [3.8, 4) is 0 Å². The molecule has 1 aromatic heterocycles. The molecular formula is C15H16ClF3N2. The molecule has 0 aliphatic heterocycles. The van der Waals surface area contributed by atoms with Gasteiger partial charge in [0.05, 0.1) is 0 Å². The number of rotatable bonds is 4. The summed E-state index contributed by atoms with van der Waals surface area (Å²) in [7, 11) is 0. The van der Waals surface area contributed by atoms with E-state index in [1.807, 2.05) is 12.1 Å². The minimum atomic E-state index is -4.28. The summed E-state index contributed by atoms with van der Waals surface area (Å²) >= 11 is 5.87. The first kappa shape index (κ1) is 15.9. The molecule has 0 N–H and O–H groups in total. The maximum absolute atomic E-state index is 12.8. The minimum Gasteiger partial charge on any atom is -0.345 e. The zero-order valence-electron chi connectivity index (χ0n) is 11.8. The third-order valence-corrected chi connectivity index (χ3v) is 3.53. The highest BCUT2D eigenvalue weighted by Gasteiger charge is 2.33. The molecule has 0 spiro atoms. The highest BCUT2D eigenvalue weighted by atomic mass is 35.5. The predicted molar refractivity (Wildman–Crippen MR) is 79.8 cm³/mol. The second-order valence-corrected chi connectivity index (χ2v) is 5.39. The standard InChI is InChI=1S/C15H16ClF3N2/c1-10(2)21(9-15(17,18)19)14-13-6-4-3-5-12(13)11(7-16)8-20-14/h3-6,8,10H,7,9H2,1-2H3. The van der Waals surface area contributed by atoms with Gasteiger partial charge in [0.2, 0.25) is 0 Å². The highest BCUT2D eigenvalue weighted by molar-refractivity contribution is 6.18. The van der Waals surface area contributed by atoms with E-state index in [2.05, 4.69) is 4.98 Å². The molecule has 0 bridgehead atoms. The van der Waals surface area contributed by atoms with Crippen LogP contribution in [0.1, 0.15) is 19.4 Å². The fourth-order valence-electron chi connectivity index (χ4n) is 2.27. The second kappa shape index (κ2) is 6.10. The molecule has 0 saturated heterocycles. The van der Waals surface area contributed by atoms with Crippen LogP contribution in [0.4, 0.5) is 19.0 Å². The van der Waals surface area contributed by atoms with Gasteiger partial charge in [-0.2, -0.15) is 13.2 Å². The Hall–Kier alpha value is -1.49. The van der Waals surface area contributed by atoms with Crippen molar-refractivity contribution >= 4 is 28.2 Å². The lowest BCUT2D eigenvalue weighted by atomic mass is 10.1. The van der Waals surface area contributed by atoms with Crippen LogP contribution in [0.25, 0.3) is 10.8 Å². The predicted octanol–water partition coefficient (Wildman–Crippen LogP) is 4.75. The molecule has 2 rings (SSSR count). The number of halogens is 4. The van der Waals surface area contributed by atoms with Crippen LogP contribution in [-0.4, -0.2) is 23.7 Å². The zero-order valence-corrected chi connectivity index (χ0v) is 12.5. The molecule has 0 atom stereocenters. The number of hydrogen-bond donors (Lipinski definition) is 0. The minimum absolute atomic E-state index is 0.273. The van der Waals surface area contributed by atoms with Gasteiger partial charge in [-0.3, -0.25) is 0 Å². The summed E-state index contributed by atoms with van der Waals surface area (Å²) < 4.78 is 38.4. The van der Waals surface area contributed by atoms with E-state index >= 15 is 0 Å². The van der Waals surface area contributed by atoms with Crippen LogP contribution in [0, 0.1) is 0 Å². The van der Waals surface area contributed by atoms with Crippen LogP contribution in [0.5, 0.6) is 0 Å². The number of alkyl halides is 4. The fourth-order valence-corrected chi connectivity index (χ4v) is 2.48. The molecule has 0 unspecified atom stereocenters. The number of hydrogen-bond acceptors (Lipinski definition) is 2. The van der Waals surface area contributed by atoms with E-state index < -0.39 is 12.7 Å². The molecule has 21 heavy (non-hydrogen) atoms. The summed E-state index contributed by atoms with van der Waals surface area (Å²) in [6.07, 6.45) is -2.73. The van der Waals surface area contributed by atoms with Crippen molar-refractivity contribution in [1.29, 1.82) is 0 Å². The zero-order chi connectivity index (χ0) is 15.6. The van der Waals surface area contributed by atoms with Gasteiger partial charge in [0, 0.05) is 23.5 Å². The molecule has 0 amide bonds. The van der Waals surface area contributed by atoms with Gasteiger partial charge in [-0.05, 0) is 24.8 Å². The van der Waals surface area contributed by atoms with Crippen molar-refractivity contribution in [2.24, 2.45) is 0 Å². The van der Waals surface area contributed by atoms with Crippen molar-refractivity contribution in [2.45, 2.75) is 31.9 Å². The molecule has 2 nitrogen and oxygen atoms in total. The smallest absolute Gasteiger partial charge is 0.345 e. The first-order valence-electron chi connectivity index (χ1n) is 6.59. The Morgan fingerprint density at radius 3 is 2.33 bits per heavy atom. The molecule has 0 aliphatic carbocycles. The van der Waals surface area contributed by atoms with Crippen LogP contribution in [0.15, 0.2) is 30.5 Å². The maximum atomic E-state index is 12.8. The van der Waals surface area contributed by atoms with Crippen molar-refractivity contribution in [3.63, 3.8) is 0 Å². The van der Waals surface area contributed by atoms with Gasteiger partial charge >= 0.3 is 6.18 Å². The maximum Gasteiger partial charge on any atom is 0.405 e. The van der Waals surface area contributed by atoms with E-state index in [4.69, 9.17) is 11.6 Å². The molecule has 0 fully saturated rings. The highest BCUT2D eigenvalue weighted by Crippen LogP contribution is 2.31. The Labute approximate surface area is 126 Å². The van der Waals surface area contributed by atoms with Gasteiger partial charge < -0.3 is 4.90 Å². The van der Waals surface area contributed by atoms with E-state index in [0.29, 0.717) is 11.2 Å². The average molecular weight is 317 g/mol. The Balaban J connectivity index is 2.58. The van der Waals surface area contributed by atoms with Crippen LogP contribution in [0.3, 0.4) is 0 Å². The van der Waals surface area contributed by atoms with Crippen LogP contribution in [-0.2, 0) is 5.88 Å². The Morgan fingerprint density at radius 2 is 1.81 bits per heavy atom. The molecule has 1 aromatic carbocycles.